The third-order valence-corrected chi connectivity index (χ3v) is 3.14. The standard InChI is InChI=1S/C16H19N.ClH/c1-11(2)10-16(17)15-9-8-12(3)13-6-4-5-7-14(13)15;/h4-9,16H,1,10,17H2,2-3H3;1H/t16-;/m0./s1. The van der Waals surface area contributed by atoms with Gasteiger partial charge in [0.2, 0.25) is 0 Å². The van der Waals surface area contributed by atoms with Gasteiger partial charge in [-0.15, -0.1) is 19.0 Å². The zero-order valence-corrected chi connectivity index (χ0v) is 11.8. The highest BCUT2D eigenvalue weighted by Crippen LogP contribution is 2.28. The Balaban J connectivity index is 0.00000162. The summed E-state index contributed by atoms with van der Waals surface area (Å²) in [7, 11) is 0. The van der Waals surface area contributed by atoms with Crippen LogP contribution in [0, 0.1) is 6.92 Å². The average molecular weight is 262 g/mol. The Morgan fingerprint density at radius 3 is 2.39 bits per heavy atom. The molecule has 0 amide bonds. The Morgan fingerprint density at radius 2 is 1.78 bits per heavy atom. The average Bonchev–Trinajstić information content (AvgIpc) is 2.29. The number of hydrogen-bond donors (Lipinski definition) is 1. The molecule has 2 heteroatoms. The summed E-state index contributed by atoms with van der Waals surface area (Å²) in [6.45, 7) is 8.10. The van der Waals surface area contributed by atoms with Crippen molar-refractivity contribution >= 4 is 23.2 Å². The van der Waals surface area contributed by atoms with Crippen molar-refractivity contribution in [2.24, 2.45) is 5.73 Å². The highest BCUT2D eigenvalue weighted by Gasteiger charge is 2.10. The van der Waals surface area contributed by atoms with Crippen molar-refractivity contribution in [3.05, 3.63) is 59.7 Å². The van der Waals surface area contributed by atoms with E-state index in [9.17, 15) is 0 Å². The second-order valence-corrected chi connectivity index (χ2v) is 4.78. The number of aryl methyl sites for hydroxylation is 1. The first-order chi connectivity index (χ1) is 8.09. The summed E-state index contributed by atoms with van der Waals surface area (Å²) < 4.78 is 0. The summed E-state index contributed by atoms with van der Waals surface area (Å²) in [6, 6.07) is 12.8. The van der Waals surface area contributed by atoms with Gasteiger partial charge < -0.3 is 5.73 Å². The maximum absolute atomic E-state index is 6.25. The second-order valence-electron chi connectivity index (χ2n) is 4.78. The molecule has 0 fully saturated rings. The molecule has 0 heterocycles. The molecule has 0 unspecified atom stereocenters. The zero-order chi connectivity index (χ0) is 12.4. The fraction of sp³-hybridized carbons (Fsp3) is 0.250. The van der Waals surface area contributed by atoms with E-state index in [4.69, 9.17) is 5.73 Å². The number of halogens is 1. The van der Waals surface area contributed by atoms with Gasteiger partial charge in [0.25, 0.3) is 0 Å². The molecule has 0 saturated heterocycles. The van der Waals surface area contributed by atoms with Crippen molar-refractivity contribution in [2.75, 3.05) is 0 Å². The molecule has 0 aliphatic heterocycles. The predicted octanol–water partition coefficient (Wildman–Crippen LogP) is 4.54. The SMILES string of the molecule is C=C(C)C[C@H](N)c1ccc(C)c2ccccc12.Cl. The Bertz CT molecular complexity index is 560. The van der Waals surface area contributed by atoms with Crippen LogP contribution in [0.25, 0.3) is 10.8 Å². The molecular formula is C16H20ClN. The number of benzene rings is 2. The molecule has 0 aliphatic carbocycles. The van der Waals surface area contributed by atoms with Crippen molar-refractivity contribution in [1.29, 1.82) is 0 Å². The first-order valence-corrected chi connectivity index (χ1v) is 5.98. The largest absolute Gasteiger partial charge is 0.324 e. The van der Waals surface area contributed by atoms with E-state index >= 15 is 0 Å². The van der Waals surface area contributed by atoms with Gasteiger partial charge in [0, 0.05) is 6.04 Å². The summed E-state index contributed by atoms with van der Waals surface area (Å²) in [5.41, 5.74) is 9.89. The van der Waals surface area contributed by atoms with E-state index in [1.807, 2.05) is 6.92 Å². The van der Waals surface area contributed by atoms with Gasteiger partial charge >= 0.3 is 0 Å². The fourth-order valence-electron chi connectivity index (χ4n) is 2.28. The van der Waals surface area contributed by atoms with Crippen LogP contribution >= 0.6 is 12.4 Å². The van der Waals surface area contributed by atoms with Crippen molar-refractivity contribution in [3.8, 4) is 0 Å². The van der Waals surface area contributed by atoms with Crippen LogP contribution in [0.3, 0.4) is 0 Å². The van der Waals surface area contributed by atoms with Crippen LogP contribution < -0.4 is 5.73 Å². The number of nitrogens with two attached hydrogens (primary N) is 1. The number of fused-ring (bicyclic) bond motifs is 1. The van der Waals surface area contributed by atoms with Gasteiger partial charge in [-0.05, 0) is 42.2 Å². The van der Waals surface area contributed by atoms with Crippen LogP contribution in [0.5, 0.6) is 0 Å². The second kappa shape index (κ2) is 6.03. The first kappa shape index (κ1) is 14.7. The van der Waals surface area contributed by atoms with Crippen molar-refractivity contribution < 1.29 is 0 Å². The van der Waals surface area contributed by atoms with E-state index in [-0.39, 0.29) is 18.4 Å². The van der Waals surface area contributed by atoms with Crippen LogP contribution in [0.2, 0.25) is 0 Å². The molecule has 1 atom stereocenters. The van der Waals surface area contributed by atoms with Crippen LogP contribution in [-0.4, -0.2) is 0 Å². The summed E-state index contributed by atoms with van der Waals surface area (Å²) in [5, 5.41) is 2.56. The Hall–Kier alpha value is -1.31. The molecule has 0 radical (unpaired) electrons. The molecule has 18 heavy (non-hydrogen) atoms. The quantitative estimate of drug-likeness (QED) is 0.807. The van der Waals surface area contributed by atoms with Gasteiger partial charge in [-0.25, -0.2) is 0 Å². The van der Waals surface area contributed by atoms with Gasteiger partial charge in [0.15, 0.2) is 0 Å². The van der Waals surface area contributed by atoms with Crippen LogP contribution in [-0.2, 0) is 0 Å². The van der Waals surface area contributed by atoms with E-state index < -0.39 is 0 Å². The molecule has 0 spiro atoms. The molecule has 0 bridgehead atoms. The van der Waals surface area contributed by atoms with E-state index in [0.29, 0.717) is 0 Å². The predicted molar refractivity (Wildman–Crippen MR) is 82.3 cm³/mol. The molecule has 0 aliphatic rings. The van der Waals surface area contributed by atoms with Crippen LogP contribution in [0.15, 0.2) is 48.6 Å². The third-order valence-electron chi connectivity index (χ3n) is 3.14. The lowest BCUT2D eigenvalue weighted by molar-refractivity contribution is 0.723. The topological polar surface area (TPSA) is 26.0 Å². The normalized spacial score (nSPS) is 11.9. The molecule has 1 nitrogen and oxygen atoms in total. The van der Waals surface area contributed by atoms with Gasteiger partial charge in [0.05, 0.1) is 0 Å². The first-order valence-electron chi connectivity index (χ1n) is 5.98. The maximum Gasteiger partial charge on any atom is 0.0338 e. The number of rotatable bonds is 3. The van der Waals surface area contributed by atoms with Gasteiger partial charge in [0.1, 0.15) is 0 Å². The smallest absolute Gasteiger partial charge is 0.0338 e. The van der Waals surface area contributed by atoms with E-state index in [0.717, 1.165) is 12.0 Å². The van der Waals surface area contributed by atoms with E-state index in [2.05, 4.69) is 49.9 Å². The van der Waals surface area contributed by atoms with E-state index in [1.165, 1.54) is 21.9 Å². The summed E-state index contributed by atoms with van der Waals surface area (Å²) in [5.74, 6) is 0. The molecule has 0 aromatic heterocycles. The Labute approximate surface area is 115 Å². The lowest BCUT2D eigenvalue weighted by Crippen LogP contribution is -2.11. The monoisotopic (exact) mass is 261 g/mol. The molecule has 2 aromatic carbocycles. The molecule has 2 N–H and O–H groups in total. The zero-order valence-electron chi connectivity index (χ0n) is 10.9. The molecule has 2 aromatic rings. The Morgan fingerprint density at radius 1 is 1.17 bits per heavy atom. The molecule has 0 saturated carbocycles. The Kier molecular flexibility index (Phi) is 4.94. The van der Waals surface area contributed by atoms with E-state index in [1.54, 1.807) is 0 Å². The maximum atomic E-state index is 6.25. The van der Waals surface area contributed by atoms with Crippen molar-refractivity contribution in [1.82, 2.24) is 0 Å². The van der Waals surface area contributed by atoms with Gasteiger partial charge in [-0.3, -0.25) is 0 Å². The minimum absolute atomic E-state index is 0. The number of hydrogen-bond acceptors (Lipinski definition) is 1. The third kappa shape index (κ3) is 2.92. The summed E-state index contributed by atoms with van der Waals surface area (Å²) in [6.07, 6.45) is 0.840. The van der Waals surface area contributed by atoms with Crippen LogP contribution in [0.1, 0.15) is 30.5 Å². The summed E-state index contributed by atoms with van der Waals surface area (Å²) >= 11 is 0. The molecule has 96 valence electrons. The lowest BCUT2D eigenvalue weighted by atomic mass is 9.93. The van der Waals surface area contributed by atoms with Gasteiger partial charge in [-0.2, -0.15) is 0 Å². The summed E-state index contributed by atoms with van der Waals surface area (Å²) in [4.78, 5) is 0. The highest BCUT2D eigenvalue weighted by molar-refractivity contribution is 5.88. The fourth-order valence-corrected chi connectivity index (χ4v) is 2.28. The highest BCUT2D eigenvalue weighted by atomic mass is 35.5. The molecule has 2 rings (SSSR count). The molecular weight excluding hydrogens is 242 g/mol. The van der Waals surface area contributed by atoms with Crippen LogP contribution in [0.4, 0.5) is 0 Å². The minimum atomic E-state index is 0. The minimum Gasteiger partial charge on any atom is -0.324 e. The van der Waals surface area contributed by atoms with Crippen molar-refractivity contribution in [2.45, 2.75) is 26.3 Å². The van der Waals surface area contributed by atoms with Crippen molar-refractivity contribution in [3.63, 3.8) is 0 Å². The van der Waals surface area contributed by atoms with Gasteiger partial charge in [-0.1, -0.05) is 42.0 Å². The lowest BCUT2D eigenvalue weighted by Gasteiger charge is -2.16.